The maximum atomic E-state index is 14.2. The average molecular weight is 332 g/mol. The van der Waals surface area contributed by atoms with Crippen LogP contribution >= 0.6 is 11.8 Å². The lowest BCUT2D eigenvalue weighted by Crippen LogP contribution is -2.41. The number of halogens is 1. The van der Waals surface area contributed by atoms with Crippen LogP contribution in [0.1, 0.15) is 18.9 Å². The van der Waals surface area contributed by atoms with E-state index in [1.165, 1.54) is 16.4 Å². The van der Waals surface area contributed by atoms with Crippen molar-refractivity contribution < 1.29 is 12.8 Å². The van der Waals surface area contributed by atoms with E-state index in [9.17, 15) is 12.8 Å². The molecule has 0 saturated carbocycles. The molecular weight excluding hydrogens is 311 g/mol. The van der Waals surface area contributed by atoms with Gasteiger partial charge < -0.3 is 5.32 Å². The molecule has 0 radical (unpaired) electrons. The van der Waals surface area contributed by atoms with Gasteiger partial charge in [0.2, 0.25) is 10.0 Å². The van der Waals surface area contributed by atoms with Crippen LogP contribution in [0.2, 0.25) is 0 Å². The molecule has 4 nitrogen and oxygen atoms in total. The Morgan fingerprint density at radius 2 is 2.24 bits per heavy atom. The number of nitrogens with one attached hydrogen (secondary N) is 1. The van der Waals surface area contributed by atoms with E-state index in [1.54, 1.807) is 24.9 Å². The van der Waals surface area contributed by atoms with Gasteiger partial charge in [0, 0.05) is 30.6 Å². The zero-order chi connectivity index (χ0) is 15.5. The van der Waals surface area contributed by atoms with Gasteiger partial charge in [0.1, 0.15) is 10.7 Å². The predicted molar refractivity (Wildman–Crippen MR) is 84.5 cm³/mol. The number of hydrogen-bond donors (Lipinski definition) is 1. The molecule has 21 heavy (non-hydrogen) atoms. The van der Waals surface area contributed by atoms with E-state index in [4.69, 9.17) is 0 Å². The van der Waals surface area contributed by atoms with Gasteiger partial charge in [0.25, 0.3) is 0 Å². The van der Waals surface area contributed by atoms with Crippen LogP contribution < -0.4 is 5.32 Å². The van der Waals surface area contributed by atoms with E-state index < -0.39 is 15.8 Å². The minimum absolute atomic E-state index is 0.218. The topological polar surface area (TPSA) is 49.4 Å². The minimum atomic E-state index is -3.74. The number of hydrogen-bond acceptors (Lipinski definition) is 4. The lowest BCUT2D eigenvalue weighted by Gasteiger charge is -2.31. The molecule has 1 fully saturated rings. The molecule has 118 valence electrons. The van der Waals surface area contributed by atoms with Gasteiger partial charge in [0.05, 0.1) is 0 Å². The first-order chi connectivity index (χ1) is 9.98. The molecule has 1 aromatic carbocycles. The number of thioether (sulfide) groups is 1. The van der Waals surface area contributed by atoms with Crippen molar-refractivity contribution in [3.05, 3.63) is 29.6 Å². The summed E-state index contributed by atoms with van der Waals surface area (Å²) in [7, 11) is -1.98. The number of sulfonamides is 1. The van der Waals surface area contributed by atoms with Gasteiger partial charge in [-0.15, -0.1) is 0 Å². The average Bonchev–Trinajstić information content (AvgIpc) is 2.47. The molecule has 0 amide bonds. The predicted octanol–water partition coefficient (Wildman–Crippen LogP) is 2.06. The van der Waals surface area contributed by atoms with Crippen LogP contribution in [0.25, 0.3) is 0 Å². The molecule has 0 bridgehead atoms. The molecule has 1 atom stereocenters. The summed E-state index contributed by atoms with van der Waals surface area (Å²) in [5.74, 6) is 0.0889. The first-order valence-corrected chi connectivity index (χ1v) is 9.52. The van der Waals surface area contributed by atoms with Crippen molar-refractivity contribution >= 4 is 21.8 Å². The third-order valence-corrected chi connectivity index (χ3v) is 6.82. The summed E-state index contributed by atoms with van der Waals surface area (Å²) < 4.78 is 40.8. The van der Waals surface area contributed by atoms with Crippen LogP contribution in [0.3, 0.4) is 0 Å². The second-order valence-corrected chi connectivity index (χ2v) is 8.37. The van der Waals surface area contributed by atoms with E-state index in [0.717, 1.165) is 17.7 Å². The Labute approximate surface area is 130 Å². The van der Waals surface area contributed by atoms with E-state index >= 15 is 0 Å². The largest absolute Gasteiger partial charge is 0.316 e. The Kier molecular flexibility index (Phi) is 5.65. The van der Waals surface area contributed by atoms with E-state index in [1.807, 2.05) is 6.92 Å². The van der Waals surface area contributed by atoms with Crippen molar-refractivity contribution in [2.45, 2.75) is 30.0 Å². The van der Waals surface area contributed by atoms with Gasteiger partial charge >= 0.3 is 0 Å². The standard InChI is InChI=1S/C14H21FN2O2S2/c1-3-12-10-17(6-7-20-12)21(18,19)14-5-4-11(9-16-2)8-13(14)15/h4-5,8,12,16H,3,6-7,9-10H2,1-2H3. The SMILES string of the molecule is CCC1CN(S(=O)(=O)c2ccc(CNC)cc2F)CCS1. The van der Waals surface area contributed by atoms with Crippen molar-refractivity contribution in [1.29, 1.82) is 0 Å². The zero-order valence-electron chi connectivity index (χ0n) is 12.3. The molecule has 1 aliphatic rings. The second-order valence-electron chi connectivity index (χ2n) is 5.06. The van der Waals surface area contributed by atoms with Gasteiger partial charge in [-0.2, -0.15) is 16.1 Å². The summed E-state index contributed by atoms with van der Waals surface area (Å²) >= 11 is 1.78. The summed E-state index contributed by atoms with van der Waals surface area (Å²) in [4.78, 5) is -0.218. The third kappa shape index (κ3) is 3.77. The van der Waals surface area contributed by atoms with Crippen molar-refractivity contribution in [3.63, 3.8) is 0 Å². The summed E-state index contributed by atoms with van der Waals surface area (Å²) in [5, 5.41) is 3.21. The van der Waals surface area contributed by atoms with E-state index in [2.05, 4.69) is 5.32 Å². The lowest BCUT2D eigenvalue weighted by atomic mass is 10.2. The van der Waals surface area contributed by atoms with Gasteiger partial charge in [-0.3, -0.25) is 0 Å². The molecule has 1 heterocycles. The number of benzene rings is 1. The van der Waals surface area contributed by atoms with Crippen molar-refractivity contribution in [3.8, 4) is 0 Å². The molecule has 0 aliphatic carbocycles. The maximum Gasteiger partial charge on any atom is 0.246 e. The van der Waals surface area contributed by atoms with Crippen molar-refractivity contribution in [1.82, 2.24) is 9.62 Å². The van der Waals surface area contributed by atoms with Crippen LogP contribution in [-0.2, 0) is 16.6 Å². The zero-order valence-corrected chi connectivity index (χ0v) is 13.9. The van der Waals surface area contributed by atoms with Crippen molar-refractivity contribution in [2.24, 2.45) is 0 Å². The second kappa shape index (κ2) is 7.09. The van der Waals surface area contributed by atoms with Crippen LogP contribution in [0.5, 0.6) is 0 Å². The molecule has 7 heteroatoms. The fourth-order valence-electron chi connectivity index (χ4n) is 2.36. The molecule has 1 saturated heterocycles. The van der Waals surface area contributed by atoms with Crippen LogP contribution in [0.15, 0.2) is 23.1 Å². The number of rotatable bonds is 5. The molecule has 1 N–H and O–H groups in total. The fraction of sp³-hybridized carbons (Fsp3) is 0.571. The highest BCUT2D eigenvalue weighted by Gasteiger charge is 2.31. The Bertz CT molecular complexity index is 593. The quantitative estimate of drug-likeness (QED) is 0.897. The Morgan fingerprint density at radius 3 is 2.86 bits per heavy atom. The van der Waals surface area contributed by atoms with Gasteiger partial charge in [-0.25, -0.2) is 12.8 Å². The van der Waals surface area contributed by atoms with E-state index in [-0.39, 0.29) is 4.90 Å². The van der Waals surface area contributed by atoms with Gasteiger partial charge in [0.15, 0.2) is 0 Å². The minimum Gasteiger partial charge on any atom is -0.316 e. The van der Waals surface area contributed by atoms with Crippen LogP contribution in [0.4, 0.5) is 4.39 Å². The molecule has 0 aromatic heterocycles. The first-order valence-electron chi connectivity index (χ1n) is 7.03. The van der Waals surface area contributed by atoms with Gasteiger partial charge in [-0.05, 0) is 31.2 Å². The summed E-state index contributed by atoms with van der Waals surface area (Å²) in [6.45, 7) is 3.46. The molecule has 1 aliphatic heterocycles. The molecule has 1 unspecified atom stereocenters. The highest BCUT2D eigenvalue weighted by molar-refractivity contribution is 8.00. The fourth-order valence-corrected chi connectivity index (χ4v) is 5.29. The third-order valence-electron chi connectivity index (χ3n) is 3.55. The monoisotopic (exact) mass is 332 g/mol. The molecule has 2 rings (SSSR count). The maximum absolute atomic E-state index is 14.2. The summed E-state index contributed by atoms with van der Waals surface area (Å²) in [5.41, 5.74) is 0.731. The Balaban J connectivity index is 2.26. The summed E-state index contributed by atoms with van der Waals surface area (Å²) in [6.07, 6.45) is 0.917. The van der Waals surface area contributed by atoms with E-state index in [0.29, 0.717) is 24.9 Å². The molecule has 0 spiro atoms. The Hall–Kier alpha value is -0.630. The number of nitrogens with zero attached hydrogens (tertiary/aromatic N) is 1. The van der Waals surface area contributed by atoms with Crippen molar-refractivity contribution in [2.75, 3.05) is 25.9 Å². The van der Waals surface area contributed by atoms with Crippen LogP contribution in [0, 0.1) is 5.82 Å². The highest BCUT2D eigenvalue weighted by Crippen LogP contribution is 2.27. The first kappa shape index (κ1) is 16.7. The molecule has 1 aromatic rings. The lowest BCUT2D eigenvalue weighted by molar-refractivity contribution is 0.412. The van der Waals surface area contributed by atoms with Crippen LogP contribution in [-0.4, -0.2) is 43.9 Å². The normalized spacial score (nSPS) is 20.6. The highest BCUT2D eigenvalue weighted by atomic mass is 32.2. The Morgan fingerprint density at radius 1 is 1.48 bits per heavy atom. The summed E-state index contributed by atoms with van der Waals surface area (Å²) in [6, 6.07) is 4.32. The van der Waals surface area contributed by atoms with Gasteiger partial charge in [-0.1, -0.05) is 13.0 Å². The molecular formula is C14H21FN2O2S2. The smallest absolute Gasteiger partial charge is 0.246 e.